The number of nitrogens with two attached hydrogens (primary N) is 1. The summed E-state index contributed by atoms with van der Waals surface area (Å²) in [5.41, 5.74) is 1.44. The van der Waals surface area contributed by atoms with Gasteiger partial charge in [0.15, 0.2) is 0 Å². The van der Waals surface area contributed by atoms with Crippen LogP contribution in [0.25, 0.3) is 10.8 Å². The summed E-state index contributed by atoms with van der Waals surface area (Å²) in [5, 5.41) is 11.0. The van der Waals surface area contributed by atoms with Gasteiger partial charge in [0.05, 0.1) is 13.5 Å². The Bertz CT molecular complexity index is 933. The summed E-state index contributed by atoms with van der Waals surface area (Å²) in [6.45, 7) is 0. The van der Waals surface area contributed by atoms with Crippen LogP contribution in [0.4, 0.5) is 5.69 Å². The van der Waals surface area contributed by atoms with Gasteiger partial charge in [-0.15, -0.1) is 0 Å². The number of nitrogens with zero attached hydrogens (tertiary/aromatic N) is 1. The average Bonchev–Trinajstić information content (AvgIpc) is 2.62. The predicted octanol–water partition coefficient (Wildman–Crippen LogP) is 4.04. The number of halogens is 1. The van der Waals surface area contributed by atoms with E-state index in [1.165, 1.54) is 0 Å². The molecule has 1 amide bonds. The van der Waals surface area contributed by atoms with E-state index in [1.54, 1.807) is 19.4 Å². The van der Waals surface area contributed by atoms with E-state index in [2.05, 4.69) is 10.3 Å². The molecule has 0 radical (unpaired) electrons. The summed E-state index contributed by atoms with van der Waals surface area (Å²) in [6.07, 6.45) is 1.89. The fraction of sp³-hybridized carbons (Fsp3) is 0.111. The number of anilines is 1. The van der Waals surface area contributed by atoms with E-state index >= 15 is 0 Å². The Morgan fingerprint density at radius 1 is 1.32 bits per heavy atom. The number of aromatic nitrogens is 1. The lowest BCUT2D eigenvalue weighted by Gasteiger charge is -2.11. The zero-order chi connectivity index (χ0) is 17.8. The SMILES string of the molecule is COc1cc2c(SN)cc(NC(=O)Cc3ccccc3Cl)cc2cn1. The first kappa shape index (κ1) is 17.5. The standard InChI is InChI=1S/C18H16ClN3O2S/c1-24-18-9-14-12(10-21-18)6-13(8-16(14)25-20)22-17(23)7-11-4-2-3-5-15(11)19/h2-6,8-10H,7,20H2,1H3,(H,22,23). The van der Waals surface area contributed by atoms with E-state index in [1.807, 2.05) is 36.4 Å². The number of amides is 1. The third kappa shape index (κ3) is 4.04. The third-order valence-electron chi connectivity index (χ3n) is 3.70. The van der Waals surface area contributed by atoms with Crippen molar-refractivity contribution in [2.24, 2.45) is 5.14 Å². The summed E-state index contributed by atoms with van der Waals surface area (Å²) in [7, 11) is 1.56. The van der Waals surface area contributed by atoms with E-state index in [4.69, 9.17) is 21.5 Å². The van der Waals surface area contributed by atoms with Gasteiger partial charge >= 0.3 is 0 Å². The number of carbonyl (C=O) groups excluding carboxylic acids is 1. The van der Waals surface area contributed by atoms with Crippen LogP contribution in [-0.2, 0) is 11.2 Å². The highest BCUT2D eigenvalue weighted by Crippen LogP contribution is 2.31. The molecular weight excluding hydrogens is 358 g/mol. The van der Waals surface area contributed by atoms with Gasteiger partial charge in [0.25, 0.3) is 0 Å². The van der Waals surface area contributed by atoms with Gasteiger partial charge in [-0.2, -0.15) is 0 Å². The highest BCUT2D eigenvalue weighted by Gasteiger charge is 2.10. The number of methoxy groups -OCH3 is 1. The predicted molar refractivity (Wildman–Crippen MR) is 102 cm³/mol. The van der Waals surface area contributed by atoms with Crippen LogP contribution in [0.5, 0.6) is 5.88 Å². The summed E-state index contributed by atoms with van der Waals surface area (Å²) in [4.78, 5) is 17.3. The van der Waals surface area contributed by atoms with Gasteiger partial charge in [0.1, 0.15) is 0 Å². The molecule has 5 nitrogen and oxygen atoms in total. The third-order valence-corrected chi connectivity index (χ3v) is 4.66. The highest BCUT2D eigenvalue weighted by molar-refractivity contribution is 7.97. The van der Waals surface area contributed by atoms with E-state index in [0.717, 1.165) is 33.2 Å². The second kappa shape index (κ2) is 7.74. The van der Waals surface area contributed by atoms with Gasteiger partial charge in [-0.1, -0.05) is 29.8 Å². The number of carbonyl (C=O) groups is 1. The first-order valence-electron chi connectivity index (χ1n) is 7.48. The van der Waals surface area contributed by atoms with Crippen LogP contribution in [0, 0.1) is 0 Å². The number of benzene rings is 2. The lowest BCUT2D eigenvalue weighted by Crippen LogP contribution is -2.14. The van der Waals surface area contributed by atoms with Crippen molar-refractivity contribution >= 4 is 45.9 Å². The van der Waals surface area contributed by atoms with Crippen LogP contribution < -0.4 is 15.2 Å². The van der Waals surface area contributed by atoms with Crippen molar-refractivity contribution in [3.05, 3.63) is 59.2 Å². The topological polar surface area (TPSA) is 77.2 Å². The van der Waals surface area contributed by atoms with Crippen molar-refractivity contribution in [1.29, 1.82) is 0 Å². The van der Waals surface area contributed by atoms with Crippen LogP contribution in [0.3, 0.4) is 0 Å². The molecule has 0 spiro atoms. The molecule has 1 heterocycles. The molecule has 0 fully saturated rings. The lowest BCUT2D eigenvalue weighted by molar-refractivity contribution is -0.115. The smallest absolute Gasteiger partial charge is 0.228 e. The van der Waals surface area contributed by atoms with Gasteiger partial charge in [-0.25, -0.2) is 4.98 Å². The quantitative estimate of drug-likeness (QED) is 0.660. The maximum atomic E-state index is 12.3. The summed E-state index contributed by atoms with van der Waals surface area (Å²) in [5.74, 6) is 0.361. The maximum Gasteiger partial charge on any atom is 0.228 e. The van der Waals surface area contributed by atoms with Gasteiger partial charge in [0, 0.05) is 38.6 Å². The number of ether oxygens (including phenoxy) is 1. The molecule has 0 saturated heterocycles. The Morgan fingerprint density at radius 2 is 2.12 bits per heavy atom. The molecule has 25 heavy (non-hydrogen) atoms. The van der Waals surface area contributed by atoms with E-state index in [9.17, 15) is 4.79 Å². The van der Waals surface area contributed by atoms with Crippen molar-refractivity contribution < 1.29 is 9.53 Å². The van der Waals surface area contributed by atoms with Gasteiger partial charge in [-0.3, -0.25) is 9.93 Å². The molecule has 0 bridgehead atoms. The first-order valence-corrected chi connectivity index (χ1v) is 8.74. The van der Waals surface area contributed by atoms with Gasteiger partial charge in [-0.05, 0) is 35.7 Å². The maximum absolute atomic E-state index is 12.3. The number of pyridine rings is 1. The number of hydrogen-bond acceptors (Lipinski definition) is 5. The van der Waals surface area contributed by atoms with Crippen LogP contribution in [0.15, 0.2) is 53.6 Å². The van der Waals surface area contributed by atoms with E-state index in [0.29, 0.717) is 16.6 Å². The molecule has 1 aromatic heterocycles. The Hall–Kier alpha value is -2.28. The lowest BCUT2D eigenvalue weighted by atomic mass is 10.1. The molecule has 0 aliphatic carbocycles. The Labute approximate surface area is 154 Å². The Morgan fingerprint density at radius 3 is 2.84 bits per heavy atom. The summed E-state index contributed by atoms with van der Waals surface area (Å²) in [6, 6.07) is 12.8. The molecule has 0 unspecified atom stereocenters. The minimum atomic E-state index is -0.151. The van der Waals surface area contributed by atoms with Gasteiger partial charge in [0.2, 0.25) is 11.8 Å². The van der Waals surface area contributed by atoms with Crippen molar-refractivity contribution in [1.82, 2.24) is 4.98 Å². The molecule has 0 aliphatic heterocycles. The van der Waals surface area contributed by atoms with Crippen molar-refractivity contribution in [2.75, 3.05) is 12.4 Å². The minimum Gasteiger partial charge on any atom is -0.481 e. The van der Waals surface area contributed by atoms with Gasteiger partial charge < -0.3 is 10.1 Å². The normalized spacial score (nSPS) is 10.7. The van der Waals surface area contributed by atoms with E-state index in [-0.39, 0.29) is 12.3 Å². The Kier molecular flexibility index (Phi) is 5.43. The fourth-order valence-electron chi connectivity index (χ4n) is 2.50. The zero-order valence-electron chi connectivity index (χ0n) is 13.5. The van der Waals surface area contributed by atoms with Crippen LogP contribution in [0.1, 0.15) is 5.56 Å². The molecule has 3 N–H and O–H groups in total. The molecule has 2 aromatic carbocycles. The fourth-order valence-corrected chi connectivity index (χ4v) is 3.21. The van der Waals surface area contributed by atoms with E-state index < -0.39 is 0 Å². The molecule has 128 valence electrons. The van der Waals surface area contributed by atoms with Crippen LogP contribution in [0.2, 0.25) is 5.02 Å². The molecule has 0 atom stereocenters. The number of rotatable bonds is 5. The first-order chi connectivity index (χ1) is 12.1. The molecule has 0 aliphatic rings. The number of nitrogens with one attached hydrogen (secondary N) is 1. The van der Waals surface area contributed by atoms with Crippen LogP contribution >= 0.6 is 23.5 Å². The number of hydrogen-bond donors (Lipinski definition) is 2. The zero-order valence-corrected chi connectivity index (χ0v) is 15.0. The van der Waals surface area contributed by atoms with Crippen molar-refractivity contribution in [2.45, 2.75) is 11.3 Å². The minimum absolute atomic E-state index is 0.151. The second-order valence-corrected chi connectivity index (χ2v) is 6.44. The summed E-state index contributed by atoms with van der Waals surface area (Å²) < 4.78 is 5.15. The average molecular weight is 374 g/mol. The van der Waals surface area contributed by atoms with Crippen molar-refractivity contribution in [3.63, 3.8) is 0 Å². The monoisotopic (exact) mass is 373 g/mol. The Balaban J connectivity index is 1.86. The molecule has 7 heteroatoms. The summed E-state index contributed by atoms with van der Waals surface area (Å²) >= 11 is 7.22. The molecule has 0 saturated carbocycles. The highest BCUT2D eigenvalue weighted by atomic mass is 35.5. The second-order valence-electron chi connectivity index (χ2n) is 5.36. The molecule has 3 aromatic rings. The molecular formula is C18H16ClN3O2S. The van der Waals surface area contributed by atoms with Crippen LogP contribution in [-0.4, -0.2) is 18.0 Å². The largest absolute Gasteiger partial charge is 0.481 e. The molecule has 3 rings (SSSR count). The number of fused-ring (bicyclic) bond motifs is 1. The van der Waals surface area contributed by atoms with Crippen molar-refractivity contribution in [3.8, 4) is 5.88 Å².